The number of benzene rings is 8. The van der Waals surface area contributed by atoms with Gasteiger partial charge >= 0.3 is 0 Å². The first-order valence-electron chi connectivity index (χ1n) is 18.9. The predicted octanol–water partition coefficient (Wildman–Crippen LogP) is 12.8. The van der Waals surface area contributed by atoms with Gasteiger partial charge in [0.05, 0.1) is 5.41 Å². The number of hydrogen-bond acceptors (Lipinski definition) is 4. The van der Waals surface area contributed by atoms with E-state index in [-0.39, 0.29) is 0 Å². The lowest BCUT2D eigenvalue weighted by molar-refractivity contribution is 0.669. The number of nitrogens with zero attached hydrogens (tertiary/aromatic N) is 3. The maximum atomic E-state index is 6.19. The van der Waals surface area contributed by atoms with E-state index in [0.29, 0.717) is 17.5 Å². The van der Waals surface area contributed by atoms with Crippen LogP contribution in [0.25, 0.3) is 78.4 Å². The first-order valence-corrected chi connectivity index (χ1v) is 18.9. The van der Waals surface area contributed by atoms with Crippen molar-refractivity contribution in [2.45, 2.75) is 5.41 Å². The molecule has 10 aromatic rings. The van der Waals surface area contributed by atoms with E-state index >= 15 is 0 Å². The van der Waals surface area contributed by atoms with Crippen molar-refractivity contribution in [1.82, 2.24) is 15.0 Å². The van der Waals surface area contributed by atoms with E-state index in [1.165, 1.54) is 27.8 Å². The molecule has 4 heteroatoms. The molecule has 1 aliphatic carbocycles. The van der Waals surface area contributed by atoms with Crippen LogP contribution in [0.2, 0.25) is 0 Å². The third-order valence-corrected chi connectivity index (χ3v) is 11.2. The summed E-state index contributed by atoms with van der Waals surface area (Å²) in [6, 6.07) is 70.5. The fraction of sp³-hybridized carbons (Fsp3) is 0.0192. The van der Waals surface area contributed by atoms with Crippen molar-refractivity contribution in [3.63, 3.8) is 0 Å². The van der Waals surface area contributed by atoms with E-state index in [9.17, 15) is 0 Å². The van der Waals surface area contributed by atoms with Crippen LogP contribution in [0, 0.1) is 0 Å². The molecular formula is C52H33N3O. The van der Waals surface area contributed by atoms with Gasteiger partial charge in [-0.05, 0) is 80.9 Å². The van der Waals surface area contributed by atoms with Gasteiger partial charge < -0.3 is 4.42 Å². The minimum absolute atomic E-state index is 0.543. The summed E-state index contributed by atoms with van der Waals surface area (Å²) < 4.78 is 6.19. The lowest BCUT2D eigenvalue weighted by Gasteiger charge is -2.34. The maximum absolute atomic E-state index is 6.19. The van der Waals surface area contributed by atoms with E-state index in [4.69, 9.17) is 19.4 Å². The molecule has 56 heavy (non-hydrogen) atoms. The number of para-hydroxylation sites is 1. The van der Waals surface area contributed by atoms with Gasteiger partial charge in [-0.2, -0.15) is 0 Å². The van der Waals surface area contributed by atoms with Crippen LogP contribution in [0.15, 0.2) is 205 Å². The van der Waals surface area contributed by atoms with Gasteiger partial charge in [0, 0.05) is 27.5 Å². The molecule has 0 aliphatic heterocycles. The van der Waals surface area contributed by atoms with E-state index in [1.54, 1.807) is 0 Å². The Hall–Kier alpha value is -7.43. The normalized spacial score (nSPS) is 12.8. The molecule has 0 atom stereocenters. The molecule has 0 saturated heterocycles. The van der Waals surface area contributed by atoms with Gasteiger partial charge in [0.15, 0.2) is 17.5 Å². The quantitative estimate of drug-likeness (QED) is 0.172. The van der Waals surface area contributed by atoms with Crippen molar-refractivity contribution in [3.8, 4) is 56.4 Å². The number of hydrogen-bond donors (Lipinski definition) is 0. The average Bonchev–Trinajstić information content (AvgIpc) is 3.80. The van der Waals surface area contributed by atoms with E-state index < -0.39 is 5.41 Å². The second-order valence-electron chi connectivity index (χ2n) is 14.3. The lowest BCUT2D eigenvalue weighted by atomic mass is 9.67. The van der Waals surface area contributed by atoms with Gasteiger partial charge in [0.1, 0.15) is 11.2 Å². The van der Waals surface area contributed by atoms with Crippen LogP contribution in [0.4, 0.5) is 0 Å². The van der Waals surface area contributed by atoms with Gasteiger partial charge in [-0.1, -0.05) is 164 Å². The molecular weight excluding hydrogens is 683 g/mol. The van der Waals surface area contributed by atoms with Crippen LogP contribution in [-0.2, 0) is 5.41 Å². The zero-order chi connectivity index (χ0) is 37.1. The van der Waals surface area contributed by atoms with Crippen LogP contribution >= 0.6 is 0 Å². The number of rotatable bonds is 6. The van der Waals surface area contributed by atoms with Crippen molar-refractivity contribution >= 4 is 21.9 Å². The molecule has 8 aromatic carbocycles. The molecule has 1 aliphatic rings. The molecule has 0 saturated carbocycles. The van der Waals surface area contributed by atoms with Crippen LogP contribution in [0.3, 0.4) is 0 Å². The summed E-state index contributed by atoms with van der Waals surface area (Å²) in [6.45, 7) is 0. The van der Waals surface area contributed by atoms with Crippen molar-refractivity contribution in [3.05, 3.63) is 222 Å². The van der Waals surface area contributed by atoms with E-state index in [2.05, 4.69) is 152 Å². The topological polar surface area (TPSA) is 51.8 Å². The summed E-state index contributed by atoms with van der Waals surface area (Å²) in [5.74, 6) is 1.83. The highest BCUT2D eigenvalue weighted by atomic mass is 16.3. The second-order valence-corrected chi connectivity index (χ2v) is 14.3. The molecule has 0 bridgehead atoms. The maximum Gasteiger partial charge on any atom is 0.164 e. The highest BCUT2D eigenvalue weighted by Crippen LogP contribution is 2.57. The van der Waals surface area contributed by atoms with Gasteiger partial charge in [0.2, 0.25) is 0 Å². The fourth-order valence-electron chi connectivity index (χ4n) is 8.74. The molecule has 2 aromatic heterocycles. The van der Waals surface area contributed by atoms with Crippen LogP contribution in [0.1, 0.15) is 22.3 Å². The summed E-state index contributed by atoms with van der Waals surface area (Å²) in [6.07, 6.45) is 0. The smallest absolute Gasteiger partial charge is 0.164 e. The standard InChI is InChI=1S/C52H33N3O/c1-5-17-34(18-6-1)41-33-46-42(39-25-13-15-27-45(39)52(46,37-21-9-3-10-22-37)38-23-11-4-12-24-38)32-44(41)51-54-49(35-19-7-2-8-20-35)53-50(55-51)36-29-30-48-43(31-36)40-26-14-16-28-47(40)56-48/h1-33H. The van der Waals surface area contributed by atoms with Gasteiger partial charge in [-0.3, -0.25) is 0 Å². The molecule has 0 unspecified atom stereocenters. The van der Waals surface area contributed by atoms with Crippen molar-refractivity contribution in [2.24, 2.45) is 0 Å². The van der Waals surface area contributed by atoms with Crippen LogP contribution < -0.4 is 0 Å². The monoisotopic (exact) mass is 715 g/mol. The van der Waals surface area contributed by atoms with Gasteiger partial charge in [-0.25, -0.2) is 15.0 Å². The average molecular weight is 716 g/mol. The Morgan fingerprint density at radius 3 is 1.59 bits per heavy atom. The van der Waals surface area contributed by atoms with Crippen LogP contribution in [-0.4, -0.2) is 15.0 Å². The van der Waals surface area contributed by atoms with Crippen LogP contribution in [0.5, 0.6) is 0 Å². The molecule has 0 N–H and O–H groups in total. The summed E-state index contributed by atoms with van der Waals surface area (Å²) in [4.78, 5) is 15.8. The summed E-state index contributed by atoms with van der Waals surface area (Å²) in [7, 11) is 0. The summed E-state index contributed by atoms with van der Waals surface area (Å²) >= 11 is 0. The Morgan fingerprint density at radius 2 is 0.875 bits per heavy atom. The van der Waals surface area contributed by atoms with Crippen molar-refractivity contribution in [1.29, 1.82) is 0 Å². The van der Waals surface area contributed by atoms with Gasteiger partial charge in [-0.15, -0.1) is 0 Å². The third kappa shape index (κ3) is 4.96. The number of furan rings is 1. The van der Waals surface area contributed by atoms with E-state index in [1.807, 2.05) is 48.5 Å². The molecule has 0 spiro atoms. The molecule has 0 radical (unpaired) electrons. The molecule has 2 heterocycles. The first kappa shape index (κ1) is 32.0. The van der Waals surface area contributed by atoms with Crippen molar-refractivity contribution < 1.29 is 4.42 Å². The molecule has 11 rings (SSSR count). The summed E-state index contributed by atoms with van der Waals surface area (Å²) in [5, 5.41) is 2.09. The van der Waals surface area contributed by atoms with Gasteiger partial charge in [0.25, 0.3) is 0 Å². The molecule has 0 fully saturated rings. The largest absolute Gasteiger partial charge is 0.456 e. The highest BCUT2D eigenvalue weighted by molar-refractivity contribution is 6.06. The minimum atomic E-state index is -0.543. The zero-order valence-electron chi connectivity index (χ0n) is 30.3. The Morgan fingerprint density at radius 1 is 0.321 bits per heavy atom. The Kier molecular flexibility index (Phi) is 7.36. The fourth-order valence-corrected chi connectivity index (χ4v) is 8.74. The minimum Gasteiger partial charge on any atom is -0.456 e. The Bertz CT molecular complexity index is 3030. The summed E-state index contributed by atoms with van der Waals surface area (Å²) in [5.41, 5.74) is 13.3. The Labute approximate surface area is 324 Å². The zero-order valence-corrected chi connectivity index (χ0v) is 30.3. The number of aromatic nitrogens is 3. The molecule has 4 nitrogen and oxygen atoms in total. The second kappa shape index (κ2) is 12.9. The predicted molar refractivity (Wildman–Crippen MR) is 226 cm³/mol. The third-order valence-electron chi connectivity index (χ3n) is 11.2. The molecule has 262 valence electrons. The first-order chi connectivity index (χ1) is 27.8. The highest BCUT2D eigenvalue weighted by Gasteiger charge is 2.46. The lowest BCUT2D eigenvalue weighted by Crippen LogP contribution is -2.28. The van der Waals surface area contributed by atoms with E-state index in [0.717, 1.165) is 55.3 Å². The SMILES string of the molecule is c1ccc(-c2nc(-c3ccc4oc5ccccc5c4c3)nc(-c3cc4c(cc3-c3ccccc3)C(c3ccccc3)(c3ccccc3)c3ccccc3-4)n2)cc1. The van der Waals surface area contributed by atoms with Crippen molar-refractivity contribution in [2.75, 3.05) is 0 Å². The Balaban J connectivity index is 1.22. The number of fused-ring (bicyclic) bond motifs is 6. The molecule has 0 amide bonds.